The minimum absolute atomic E-state index is 0.00237. The highest BCUT2D eigenvalue weighted by Gasteiger charge is 2.25. The Hall–Kier alpha value is -1.08. The van der Waals surface area contributed by atoms with Crippen LogP contribution in [0.4, 0.5) is 0 Å². The Morgan fingerprint density at radius 2 is 2.38 bits per heavy atom. The largest absolute Gasteiger partial charge is 0.360 e. The van der Waals surface area contributed by atoms with Crippen LogP contribution in [0.1, 0.15) is 13.8 Å². The van der Waals surface area contributed by atoms with E-state index in [0.717, 1.165) is 0 Å². The van der Waals surface area contributed by atoms with Gasteiger partial charge in [0, 0.05) is 12.5 Å². The number of hydrogen-bond acceptors (Lipinski definition) is 3. The lowest BCUT2D eigenvalue weighted by molar-refractivity contribution is -0.140. The third-order valence-electron chi connectivity index (χ3n) is 2.02. The SMILES string of the molecule is CC(C)C(=O)N1CCOC(C#N)C1. The molecule has 1 unspecified atom stereocenters. The summed E-state index contributed by atoms with van der Waals surface area (Å²) in [7, 11) is 0. The summed E-state index contributed by atoms with van der Waals surface area (Å²) in [5, 5.41) is 8.62. The zero-order valence-electron chi connectivity index (χ0n) is 7.99. The van der Waals surface area contributed by atoms with Crippen LogP contribution < -0.4 is 0 Å². The Labute approximate surface area is 78.1 Å². The Kier molecular flexibility index (Phi) is 3.26. The van der Waals surface area contributed by atoms with Crippen molar-refractivity contribution in [2.24, 2.45) is 5.92 Å². The molecule has 0 aromatic carbocycles. The first kappa shape index (κ1) is 10.0. The molecule has 1 saturated heterocycles. The fourth-order valence-electron chi connectivity index (χ4n) is 1.29. The summed E-state index contributed by atoms with van der Waals surface area (Å²) >= 11 is 0. The van der Waals surface area contributed by atoms with Gasteiger partial charge in [0.1, 0.15) is 0 Å². The van der Waals surface area contributed by atoms with E-state index in [0.29, 0.717) is 19.7 Å². The molecule has 1 heterocycles. The number of morpholine rings is 1. The average molecular weight is 182 g/mol. The van der Waals surface area contributed by atoms with Gasteiger partial charge in [-0.05, 0) is 0 Å². The second-order valence-electron chi connectivity index (χ2n) is 3.43. The summed E-state index contributed by atoms with van der Waals surface area (Å²) < 4.78 is 5.13. The summed E-state index contributed by atoms with van der Waals surface area (Å²) in [5.74, 6) is 0.0981. The zero-order valence-corrected chi connectivity index (χ0v) is 7.99. The topological polar surface area (TPSA) is 53.3 Å². The molecule has 1 aliphatic rings. The average Bonchev–Trinajstić information content (AvgIpc) is 2.16. The van der Waals surface area contributed by atoms with Crippen LogP contribution >= 0.6 is 0 Å². The number of nitriles is 1. The molecular formula is C9H14N2O2. The lowest BCUT2D eigenvalue weighted by atomic mass is 10.1. The number of hydrogen-bond donors (Lipinski definition) is 0. The molecule has 0 spiro atoms. The highest BCUT2D eigenvalue weighted by Crippen LogP contribution is 2.08. The highest BCUT2D eigenvalue weighted by molar-refractivity contribution is 5.78. The third-order valence-corrected chi connectivity index (χ3v) is 2.02. The molecule has 1 fully saturated rings. The normalized spacial score (nSPS) is 22.9. The molecule has 0 bridgehead atoms. The molecule has 0 aromatic rings. The van der Waals surface area contributed by atoms with E-state index in [4.69, 9.17) is 10.00 Å². The summed E-state index contributed by atoms with van der Waals surface area (Å²) in [6.45, 7) is 5.21. The fourth-order valence-corrected chi connectivity index (χ4v) is 1.29. The van der Waals surface area contributed by atoms with Crippen molar-refractivity contribution in [1.82, 2.24) is 4.90 Å². The number of amides is 1. The van der Waals surface area contributed by atoms with Crippen LogP contribution in [0.3, 0.4) is 0 Å². The molecule has 13 heavy (non-hydrogen) atoms. The van der Waals surface area contributed by atoms with Crippen LogP contribution in [-0.2, 0) is 9.53 Å². The Bertz CT molecular complexity index is 232. The molecule has 0 radical (unpaired) electrons. The highest BCUT2D eigenvalue weighted by atomic mass is 16.5. The molecule has 4 nitrogen and oxygen atoms in total. The van der Waals surface area contributed by atoms with Crippen molar-refractivity contribution >= 4 is 5.91 Å². The van der Waals surface area contributed by atoms with Gasteiger partial charge in [-0.25, -0.2) is 0 Å². The monoisotopic (exact) mass is 182 g/mol. The van der Waals surface area contributed by atoms with Crippen LogP contribution in [0.25, 0.3) is 0 Å². The van der Waals surface area contributed by atoms with E-state index in [9.17, 15) is 4.79 Å². The Morgan fingerprint density at radius 3 is 2.92 bits per heavy atom. The maximum atomic E-state index is 11.5. The smallest absolute Gasteiger partial charge is 0.225 e. The van der Waals surface area contributed by atoms with Crippen molar-refractivity contribution in [3.05, 3.63) is 0 Å². The van der Waals surface area contributed by atoms with Crippen LogP contribution in [0.5, 0.6) is 0 Å². The van der Waals surface area contributed by atoms with Gasteiger partial charge >= 0.3 is 0 Å². The summed E-state index contributed by atoms with van der Waals surface area (Å²) in [4.78, 5) is 13.2. The van der Waals surface area contributed by atoms with Crippen LogP contribution in [0.2, 0.25) is 0 Å². The standard InChI is InChI=1S/C9H14N2O2/c1-7(2)9(12)11-3-4-13-8(5-10)6-11/h7-8H,3-4,6H2,1-2H3. The van der Waals surface area contributed by atoms with Gasteiger partial charge in [-0.1, -0.05) is 13.8 Å². The van der Waals surface area contributed by atoms with Gasteiger partial charge in [-0.2, -0.15) is 5.26 Å². The number of nitrogens with zero attached hydrogens (tertiary/aromatic N) is 2. The van der Waals surface area contributed by atoms with Crippen LogP contribution in [-0.4, -0.2) is 36.6 Å². The van der Waals surface area contributed by atoms with Crippen molar-refractivity contribution in [3.63, 3.8) is 0 Å². The first-order chi connectivity index (χ1) is 6.15. The van der Waals surface area contributed by atoms with Crippen molar-refractivity contribution in [2.75, 3.05) is 19.7 Å². The van der Waals surface area contributed by atoms with E-state index in [1.54, 1.807) is 4.90 Å². The molecule has 0 saturated carbocycles. The van der Waals surface area contributed by atoms with Crippen molar-refractivity contribution < 1.29 is 9.53 Å². The molecule has 72 valence electrons. The predicted octanol–water partition coefficient (Wildman–Crippen LogP) is 0.393. The maximum Gasteiger partial charge on any atom is 0.225 e. The van der Waals surface area contributed by atoms with Crippen molar-refractivity contribution in [2.45, 2.75) is 20.0 Å². The van der Waals surface area contributed by atoms with Gasteiger partial charge in [-0.15, -0.1) is 0 Å². The van der Waals surface area contributed by atoms with E-state index >= 15 is 0 Å². The lowest BCUT2D eigenvalue weighted by Gasteiger charge is -2.30. The number of ether oxygens (including phenoxy) is 1. The zero-order chi connectivity index (χ0) is 9.84. The molecular weight excluding hydrogens is 168 g/mol. The molecule has 1 atom stereocenters. The van der Waals surface area contributed by atoms with Gasteiger partial charge < -0.3 is 9.64 Å². The molecule has 1 rings (SSSR count). The fraction of sp³-hybridized carbons (Fsp3) is 0.778. The molecule has 0 N–H and O–H groups in total. The van der Waals surface area contributed by atoms with Crippen molar-refractivity contribution in [3.8, 4) is 6.07 Å². The molecule has 1 aliphatic heterocycles. The van der Waals surface area contributed by atoms with Gasteiger partial charge in [0.05, 0.1) is 19.2 Å². The summed E-state index contributed by atoms with van der Waals surface area (Å²) in [6, 6.07) is 2.01. The van der Waals surface area contributed by atoms with E-state index in [-0.39, 0.29) is 11.8 Å². The minimum atomic E-state index is -0.448. The number of carbonyl (C=O) groups is 1. The first-order valence-corrected chi connectivity index (χ1v) is 4.45. The second kappa shape index (κ2) is 4.24. The van der Waals surface area contributed by atoms with Crippen LogP contribution in [0, 0.1) is 17.2 Å². The number of carbonyl (C=O) groups excluding carboxylic acids is 1. The summed E-state index contributed by atoms with van der Waals surface area (Å²) in [5.41, 5.74) is 0. The first-order valence-electron chi connectivity index (χ1n) is 4.45. The Balaban J connectivity index is 2.52. The van der Waals surface area contributed by atoms with Gasteiger partial charge in [0.15, 0.2) is 6.10 Å². The minimum Gasteiger partial charge on any atom is -0.360 e. The third kappa shape index (κ3) is 2.43. The van der Waals surface area contributed by atoms with E-state index in [1.165, 1.54) is 0 Å². The van der Waals surface area contributed by atoms with Gasteiger partial charge in [0.2, 0.25) is 5.91 Å². The quantitative estimate of drug-likeness (QED) is 0.589. The number of rotatable bonds is 1. The van der Waals surface area contributed by atoms with Crippen LogP contribution in [0.15, 0.2) is 0 Å². The Morgan fingerprint density at radius 1 is 1.69 bits per heavy atom. The second-order valence-corrected chi connectivity index (χ2v) is 3.43. The maximum absolute atomic E-state index is 11.5. The molecule has 0 aromatic heterocycles. The lowest BCUT2D eigenvalue weighted by Crippen LogP contribution is -2.46. The molecule has 0 aliphatic carbocycles. The predicted molar refractivity (Wildman–Crippen MR) is 46.8 cm³/mol. The van der Waals surface area contributed by atoms with Gasteiger partial charge in [-0.3, -0.25) is 4.79 Å². The molecule has 4 heteroatoms. The van der Waals surface area contributed by atoms with Crippen molar-refractivity contribution in [1.29, 1.82) is 5.26 Å². The van der Waals surface area contributed by atoms with E-state index in [2.05, 4.69) is 0 Å². The van der Waals surface area contributed by atoms with E-state index in [1.807, 2.05) is 19.9 Å². The van der Waals surface area contributed by atoms with E-state index < -0.39 is 6.10 Å². The van der Waals surface area contributed by atoms with Gasteiger partial charge in [0.25, 0.3) is 0 Å². The molecule has 1 amide bonds. The summed E-state index contributed by atoms with van der Waals surface area (Å²) in [6.07, 6.45) is -0.448.